The summed E-state index contributed by atoms with van der Waals surface area (Å²) in [6.07, 6.45) is 0.307. The standard InChI is InChI=1S/C14H21N3O2S/c1-8(2)6-17-7-11(5-12(17)18)13(19)16-14-15-9(3)10(4)20-14/h8,11H,5-7H2,1-4H3,(H,15,16,19). The number of carbonyl (C=O) groups is 2. The zero-order chi connectivity index (χ0) is 14.9. The van der Waals surface area contributed by atoms with E-state index in [0.717, 1.165) is 17.1 Å². The third-order valence-corrected chi connectivity index (χ3v) is 4.42. The van der Waals surface area contributed by atoms with E-state index in [0.29, 0.717) is 24.0 Å². The molecule has 0 aromatic carbocycles. The third kappa shape index (κ3) is 3.36. The summed E-state index contributed by atoms with van der Waals surface area (Å²) < 4.78 is 0. The van der Waals surface area contributed by atoms with Crippen molar-refractivity contribution in [2.45, 2.75) is 34.1 Å². The van der Waals surface area contributed by atoms with Crippen LogP contribution in [-0.2, 0) is 9.59 Å². The summed E-state index contributed by atoms with van der Waals surface area (Å²) >= 11 is 1.47. The molecule has 1 aliphatic heterocycles. The molecule has 1 fully saturated rings. The fourth-order valence-electron chi connectivity index (χ4n) is 2.30. The second-order valence-corrected chi connectivity index (χ2v) is 6.95. The summed E-state index contributed by atoms with van der Waals surface area (Å²) in [6, 6.07) is 0. The molecule has 1 aromatic rings. The van der Waals surface area contributed by atoms with Crippen LogP contribution in [0.15, 0.2) is 0 Å². The van der Waals surface area contributed by atoms with Crippen molar-refractivity contribution in [1.82, 2.24) is 9.88 Å². The number of likely N-dealkylation sites (tertiary alicyclic amines) is 1. The molecule has 1 aliphatic rings. The van der Waals surface area contributed by atoms with E-state index >= 15 is 0 Å². The van der Waals surface area contributed by atoms with Crippen molar-refractivity contribution in [3.8, 4) is 0 Å². The molecular weight excluding hydrogens is 274 g/mol. The fourth-order valence-corrected chi connectivity index (χ4v) is 3.12. The van der Waals surface area contributed by atoms with E-state index in [1.165, 1.54) is 11.3 Å². The predicted molar refractivity (Wildman–Crippen MR) is 79.7 cm³/mol. The van der Waals surface area contributed by atoms with Gasteiger partial charge >= 0.3 is 0 Å². The number of amides is 2. The highest BCUT2D eigenvalue weighted by molar-refractivity contribution is 7.15. The first-order valence-electron chi connectivity index (χ1n) is 6.89. The van der Waals surface area contributed by atoms with Gasteiger partial charge in [-0.05, 0) is 19.8 Å². The van der Waals surface area contributed by atoms with Gasteiger partial charge in [0.1, 0.15) is 0 Å². The third-order valence-electron chi connectivity index (χ3n) is 3.43. The molecule has 0 aliphatic carbocycles. The topological polar surface area (TPSA) is 62.3 Å². The average molecular weight is 295 g/mol. The highest BCUT2D eigenvalue weighted by Gasteiger charge is 2.34. The van der Waals surface area contributed by atoms with Crippen molar-refractivity contribution in [3.63, 3.8) is 0 Å². The van der Waals surface area contributed by atoms with Crippen LogP contribution in [0.3, 0.4) is 0 Å². The molecule has 0 spiro atoms. The van der Waals surface area contributed by atoms with Gasteiger partial charge in [-0.25, -0.2) is 4.98 Å². The van der Waals surface area contributed by atoms with E-state index in [1.807, 2.05) is 13.8 Å². The number of nitrogens with zero attached hydrogens (tertiary/aromatic N) is 2. The number of hydrogen-bond donors (Lipinski definition) is 1. The van der Waals surface area contributed by atoms with Crippen LogP contribution in [0, 0.1) is 25.7 Å². The Hall–Kier alpha value is -1.43. The number of anilines is 1. The predicted octanol–water partition coefficient (Wildman–Crippen LogP) is 2.20. The summed E-state index contributed by atoms with van der Waals surface area (Å²) in [5.41, 5.74) is 0.939. The lowest BCUT2D eigenvalue weighted by atomic mass is 10.1. The minimum Gasteiger partial charge on any atom is -0.342 e. The molecule has 1 N–H and O–H groups in total. The van der Waals surface area contributed by atoms with E-state index in [9.17, 15) is 9.59 Å². The Bertz CT molecular complexity index is 505. The van der Waals surface area contributed by atoms with Gasteiger partial charge in [0.2, 0.25) is 11.8 Å². The first-order valence-corrected chi connectivity index (χ1v) is 7.71. The lowest BCUT2D eigenvalue weighted by Gasteiger charge is -2.18. The molecule has 110 valence electrons. The van der Waals surface area contributed by atoms with Crippen molar-refractivity contribution in [2.24, 2.45) is 11.8 Å². The van der Waals surface area contributed by atoms with Crippen LogP contribution in [0.5, 0.6) is 0 Å². The molecule has 6 heteroatoms. The Morgan fingerprint density at radius 3 is 2.75 bits per heavy atom. The molecule has 0 saturated carbocycles. The van der Waals surface area contributed by atoms with Gasteiger partial charge in [0.25, 0.3) is 0 Å². The molecule has 1 unspecified atom stereocenters. The quantitative estimate of drug-likeness (QED) is 0.926. The molecule has 1 saturated heterocycles. The van der Waals surface area contributed by atoms with Gasteiger partial charge in [0, 0.05) is 24.4 Å². The smallest absolute Gasteiger partial charge is 0.231 e. The van der Waals surface area contributed by atoms with Crippen LogP contribution in [0.2, 0.25) is 0 Å². The lowest BCUT2D eigenvalue weighted by Crippen LogP contribution is -2.31. The van der Waals surface area contributed by atoms with Crippen molar-refractivity contribution >= 4 is 28.3 Å². The number of aryl methyl sites for hydroxylation is 2. The normalized spacial score (nSPS) is 18.9. The number of aromatic nitrogens is 1. The van der Waals surface area contributed by atoms with E-state index in [2.05, 4.69) is 24.1 Å². The largest absolute Gasteiger partial charge is 0.342 e. The van der Waals surface area contributed by atoms with Gasteiger partial charge in [-0.3, -0.25) is 9.59 Å². The maximum atomic E-state index is 12.2. The molecule has 2 amide bonds. The van der Waals surface area contributed by atoms with Gasteiger partial charge < -0.3 is 10.2 Å². The Morgan fingerprint density at radius 1 is 1.50 bits per heavy atom. The van der Waals surface area contributed by atoms with Gasteiger partial charge in [-0.15, -0.1) is 11.3 Å². The molecule has 20 heavy (non-hydrogen) atoms. The molecule has 0 bridgehead atoms. The Labute approximate surface area is 123 Å². The highest BCUT2D eigenvalue weighted by Crippen LogP contribution is 2.24. The van der Waals surface area contributed by atoms with Crippen LogP contribution in [0.1, 0.15) is 30.8 Å². The van der Waals surface area contributed by atoms with Crippen LogP contribution in [0.25, 0.3) is 0 Å². The highest BCUT2D eigenvalue weighted by atomic mass is 32.1. The SMILES string of the molecule is Cc1nc(NC(=O)C2CC(=O)N(CC(C)C)C2)sc1C. The molecular formula is C14H21N3O2S. The summed E-state index contributed by atoms with van der Waals surface area (Å²) in [6.45, 7) is 9.28. The summed E-state index contributed by atoms with van der Waals surface area (Å²) in [5, 5.41) is 3.45. The Balaban J connectivity index is 1.95. The minimum absolute atomic E-state index is 0.0744. The Morgan fingerprint density at radius 2 is 2.20 bits per heavy atom. The number of nitrogens with one attached hydrogen (secondary N) is 1. The average Bonchev–Trinajstić information content (AvgIpc) is 2.83. The van der Waals surface area contributed by atoms with E-state index in [-0.39, 0.29) is 17.7 Å². The minimum atomic E-state index is -0.259. The zero-order valence-electron chi connectivity index (χ0n) is 12.4. The summed E-state index contributed by atoms with van der Waals surface area (Å²) in [7, 11) is 0. The second-order valence-electron chi connectivity index (χ2n) is 5.74. The molecule has 2 heterocycles. The number of carbonyl (C=O) groups excluding carboxylic acids is 2. The first-order chi connectivity index (χ1) is 9.36. The summed E-state index contributed by atoms with van der Waals surface area (Å²) in [4.78, 5) is 31.2. The maximum absolute atomic E-state index is 12.2. The first kappa shape index (κ1) is 15.0. The molecule has 2 rings (SSSR count). The fraction of sp³-hybridized carbons (Fsp3) is 0.643. The Kier molecular flexibility index (Phi) is 4.42. The monoisotopic (exact) mass is 295 g/mol. The lowest BCUT2D eigenvalue weighted by molar-refractivity contribution is -0.128. The van der Waals surface area contributed by atoms with E-state index in [1.54, 1.807) is 4.90 Å². The van der Waals surface area contributed by atoms with Crippen LogP contribution in [0.4, 0.5) is 5.13 Å². The molecule has 1 atom stereocenters. The maximum Gasteiger partial charge on any atom is 0.231 e. The zero-order valence-corrected chi connectivity index (χ0v) is 13.2. The van der Waals surface area contributed by atoms with Crippen molar-refractivity contribution in [2.75, 3.05) is 18.4 Å². The molecule has 5 nitrogen and oxygen atoms in total. The van der Waals surface area contributed by atoms with Crippen LogP contribution < -0.4 is 5.32 Å². The molecule has 1 aromatic heterocycles. The van der Waals surface area contributed by atoms with E-state index in [4.69, 9.17) is 0 Å². The van der Waals surface area contributed by atoms with Gasteiger partial charge in [-0.2, -0.15) is 0 Å². The second kappa shape index (κ2) is 5.91. The van der Waals surface area contributed by atoms with Crippen molar-refractivity contribution in [3.05, 3.63) is 10.6 Å². The van der Waals surface area contributed by atoms with E-state index < -0.39 is 0 Å². The van der Waals surface area contributed by atoms with Crippen molar-refractivity contribution < 1.29 is 9.59 Å². The number of hydrogen-bond acceptors (Lipinski definition) is 4. The van der Waals surface area contributed by atoms with Gasteiger partial charge in [0.15, 0.2) is 5.13 Å². The molecule has 0 radical (unpaired) electrons. The van der Waals surface area contributed by atoms with Crippen LogP contribution >= 0.6 is 11.3 Å². The summed E-state index contributed by atoms with van der Waals surface area (Å²) in [5.74, 6) is 0.138. The number of rotatable bonds is 4. The number of thiazole rings is 1. The van der Waals surface area contributed by atoms with Gasteiger partial charge in [-0.1, -0.05) is 13.8 Å². The van der Waals surface area contributed by atoms with Crippen LogP contribution in [-0.4, -0.2) is 34.8 Å². The van der Waals surface area contributed by atoms with Gasteiger partial charge in [0.05, 0.1) is 11.6 Å². The van der Waals surface area contributed by atoms with Crippen molar-refractivity contribution in [1.29, 1.82) is 0 Å².